The van der Waals surface area contributed by atoms with Gasteiger partial charge in [-0.25, -0.2) is 4.98 Å². The van der Waals surface area contributed by atoms with E-state index in [2.05, 4.69) is 219 Å². The molecule has 0 bridgehead atoms. The number of nitrogens with zero attached hydrogens (tertiary/aromatic N) is 3. The van der Waals surface area contributed by atoms with Gasteiger partial charge in [0.05, 0.1) is 5.69 Å². The minimum atomic E-state index is -0.260. The van der Waals surface area contributed by atoms with Crippen LogP contribution in [0, 0.1) is 0 Å². The van der Waals surface area contributed by atoms with Crippen molar-refractivity contribution < 1.29 is 4.42 Å². The molecule has 0 saturated heterocycles. The molecule has 0 radical (unpaired) electrons. The highest BCUT2D eigenvalue weighted by molar-refractivity contribution is 7.00. The highest BCUT2D eigenvalue weighted by atomic mass is 16.3. The fraction of sp³-hybridized carbons (Fsp3) is 0.436. The van der Waals surface area contributed by atoms with E-state index in [-0.39, 0.29) is 39.2 Å². The Morgan fingerprint density at radius 3 is 1.43 bits per heavy atom. The first kappa shape index (κ1) is 41.9. The number of fused-ring (bicyclic) bond motifs is 6. The maximum absolute atomic E-state index is 6.71. The lowest BCUT2D eigenvalue weighted by molar-refractivity contribution is 0.411. The smallest absolute Gasteiger partial charge is 0.252 e. The number of rotatable bonds is 2. The van der Waals surface area contributed by atoms with Gasteiger partial charge in [0.25, 0.3) is 6.71 Å². The molecule has 1 aromatic heterocycles. The van der Waals surface area contributed by atoms with Crippen molar-refractivity contribution in [3.63, 3.8) is 0 Å². The molecular formula is C55H68BN3O. The van der Waals surface area contributed by atoms with E-state index in [0.29, 0.717) is 0 Å². The summed E-state index contributed by atoms with van der Waals surface area (Å²) in [5, 5.41) is 0. The summed E-state index contributed by atoms with van der Waals surface area (Å²) < 4.78 is 6.71. The second-order valence-corrected chi connectivity index (χ2v) is 24.0. The van der Waals surface area contributed by atoms with Crippen LogP contribution in [0.1, 0.15) is 158 Å². The summed E-state index contributed by atoms with van der Waals surface area (Å²) in [4.78, 5) is 10.6. The van der Waals surface area contributed by atoms with Gasteiger partial charge in [-0.05, 0) is 120 Å². The molecule has 2 aliphatic rings. The Balaban J connectivity index is 1.57. The number of hydrogen-bond acceptors (Lipinski definition) is 4. The number of hydrogen-bond donors (Lipinski definition) is 0. The molecule has 0 fully saturated rings. The Labute approximate surface area is 361 Å². The van der Waals surface area contributed by atoms with Gasteiger partial charge >= 0.3 is 0 Å². The van der Waals surface area contributed by atoms with E-state index < -0.39 is 0 Å². The quantitative estimate of drug-likeness (QED) is 0.163. The molecule has 0 N–H and O–H groups in total. The predicted molar refractivity (Wildman–Crippen MR) is 260 cm³/mol. The summed E-state index contributed by atoms with van der Waals surface area (Å²) in [6, 6.07) is 33.4. The van der Waals surface area contributed by atoms with Crippen LogP contribution in [0.2, 0.25) is 0 Å². The zero-order valence-electron chi connectivity index (χ0n) is 39.9. The van der Waals surface area contributed by atoms with Crippen molar-refractivity contribution in [1.82, 2.24) is 4.98 Å². The zero-order valence-corrected chi connectivity index (χ0v) is 39.9. The van der Waals surface area contributed by atoms with Gasteiger partial charge in [-0.1, -0.05) is 161 Å². The highest BCUT2D eigenvalue weighted by Crippen LogP contribution is 2.49. The molecule has 5 aromatic carbocycles. The largest absolute Gasteiger partial charge is 0.440 e. The number of anilines is 6. The lowest BCUT2D eigenvalue weighted by Gasteiger charge is -2.45. The van der Waals surface area contributed by atoms with Crippen molar-refractivity contribution in [3.05, 3.63) is 119 Å². The lowest BCUT2D eigenvalue weighted by Crippen LogP contribution is -2.61. The molecule has 3 heterocycles. The molecule has 2 aliphatic heterocycles. The molecule has 0 saturated carbocycles. The Kier molecular flexibility index (Phi) is 9.34. The van der Waals surface area contributed by atoms with Crippen molar-refractivity contribution in [1.29, 1.82) is 0 Å². The fourth-order valence-corrected chi connectivity index (χ4v) is 8.95. The van der Waals surface area contributed by atoms with E-state index in [1.54, 1.807) is 0 Å². The van der Waals surface area contributed by atoms with Crippen LogP contribution in [0.15, 0.2) is 89.3 Å². The molecule has 312 valence electrons. The maximum Gasteiger partial charge on any atom is 0.252 e. The minimum absolute atomic E-state index is 0.0363. The Morgan fingerprint density at radius 1 is 0.417 bits per heavy atom. The number of benzene rings is 5. The van der Waals surface area contributed by atoms with Gasteiger partial charge in [0.1, 0.15) is 5.52 Å². The fourth-order valence-electron chi connectivity index (χ4n) is 8.95. The minimum Gasteiger partial charge on any atom is -0.440 e. The van der Waals surface area contributed by atoms with Crippen molar-refractivity contribution in [2.24, 2.45) is 0 Å². The van der Waals surface area contributed by atoms with E-state index in [4.69, 9.17) is 9.40 Å². The van der Waals surface area contributed by atoms with Crippen LogP contribution < -0.4 is 26.2 Å². The van der Waals surface area contributed by atoms with Crippen molar-refractivity contribution in [2.45, 2.75) is 157 Å². The Bertz CT molecular complexity index is 2620. The van der Waals surface area contributed by atoms with Gasteiger partial charge in [0, 0.05) is 33.9 Å². The summed E-state index contributed by atoms with van der Waals surface area (Å²) in [6.07, 6.45) is 0. The average Bonchev–Trinajstić information content (AvgIpc) is 3.58. The molecular weight excluding hydrogens is 729 g/mol. The van der Waals surface area contributed by atoms with Gasteiger partial charge in [-0.15, -0.1) is 0 Å². The van der Waals surface area contributed by atoms with E-state index in [0.717, 1.165) is 28.4 Å². The van der Waals surface area contributed by atoms with Crippen molar-refractivity contribution in [2.75, 3.05) is 9.80 Å². The van der Waals surface area contributed by atoms with E-state index in [1.807, 2.05) is 0 Å². The first-order valence-electron chi connectivity index (χ1n) is 22.2. The number of oxazole rings is 1. The van der Waals surface area contributed by atoms with Crippen LogP contribution in [0.5, 0.6) is 0 Å². The summed E-state index contributed by atoms with van der Waals surface area (Å²) >= 11 is 0. The van der Waals surface area contributed by atoms with E-state index in [1.165, 1.54) is 67.0 Å². The molecule has 0 aliphatic carbocycles. The third kappa shape index (κ3) is 7.08. The zero-order chi connectivity index (χ0) is 43.9. The summed E-state index contributed by atoms with van der Waals surface area (Å²) in [5.41, 5.74) is 18.8. The Morgan fingerprint density at radius 2 is 0.917 bits per heavy atom. The van der Waals surface area contributed by atoms with Gasteiger partial charge in [0.15, 0.2) is 5.58 Å². The van der Waals surface area contributed by atoms with Crippen LogP contribution in [0.3, 0.4) is 0 Å². The van der Waals surface area contributed by atoms with Gasteiger partial charge in [-0.2, -0.15) is 0 Å². The lowest BCUT2D eigenvalue weighted by atomic mass is 9.33. The Hall–Kier alpha value is -4.77. The van der Waals surface area contributed by atoms with Crippen molar-refractivity contribution in [3.8, 4) is 0 Å². The average molecular weight is 798 g/mol. The first-order valence-corrected chi connectivity index (χ1v) is 22.2. The predicted octanol–water partition coefficient (Wildman–Crippen LogP) is 13.7. The van der Waals surface area contributed by atoms with Crippen LogP contribution in [0.4, 0.5) is 34.1 Å². The van der Waals surface area contributed by atoms with Crippen LogP contribution in [-0.4, -0.2) is 11.7 Å². The molecule has 4 nitrogen and oxygen atoms in total. The molecule has 6 aromatic rings. The topological polar surface area (TPSA) is 32.5 Å². The van der Waals surface area contributed by atoms with Crippen LogP contribution in [0.25, 0.3) is 11.1 Å². The summed E-state index contributed by atoms with van der Waals surface area (Å²) in [7, 11) is 0. The van der Waals surface area contributed by atoms with Gasteiger partial charge in [0.2, 0.25) is 5.89 Å². The SMILES string of the molecule is CC(C)(C)c1ccc(N2c3ccc(C(C)(C)C)cc3B3c4ccc5oc(C(C)(C)C)nc5c4N(c4cc(C(C)(C)C)cc(C(C)(C)C)c4)c4cc(C(C)(C)C)cc2c43)cc1. The molecule has 8 rings (SSSR count). The summed E-state index contributed by atoms with van der Waals surface area (Å²) in [6.45, 7) is 41.4. The molecule has 0 unspecified atom stereocenters. The third-order valence-corrected chi connectivity index (χ3v) is 12.9. The van der Waals surface area contributed by atoms with Crippen molar-refractivity contribution >= 4 is 68.3 Å². The maximum atomic E-state index is 6.71. The monoisotopic (exact) mass is 798 g/mol. The molecule has 0 atom stereocenters. The second-order valence-electron chi connectivity index (χ2n) is 24.0. The van der Waals surface area contributed by atoms with Gasteiger partial charge in [-0.3, -0.25) is 0 Å². The standard InChI is InChI=1S/C55H68BN3O/c1-50(2,3)33-19-22-38(23-20-33)58-42-25-21-34(51(4,5)6)30-41(42)56-40-24-26-45-47(57-49(60-45)55(16,17)18)48(40)59(44-32-37(54(13,14)15)31-43(58)46(44)56)39-28-35(52(7,8)9)27-36(29-39)53(10,11)12/h19-32H,1-18H3. The second kappa shape index (κ2) is 13.4. The number of aromatic nitrogens is 1. The molecule has 0 spiro atoms. The van der Waals surface area contributed by atoms with Crippen LogP contribution in [-0.2, 0) is 32.5 Å². The van der Waals surface area contributed by atoms with E-state index >= 15 is 0 Å². The molecule has 5 heteroatoms. The van der Waals surface area contributed by atoms with Crippen LogP contribution >= 0.6 is 0 Å². The highest BCUT2D eigenvalue weighted by Gasteiger charge is 2.46. The van der Waals surface area contributed by atoms with Gasteiger partial charge < -0.3 is 14.2 Å². The third-order valence-electron chi connectivity index (χ3n) is 12.9. The summed E-state index contributed by atoms with van der Waals surface area (Å²) in [5.74, 6) is 0.753. The normalized spacial score (nSPS) is 14.7. The van der Waals surface area contributed by atoms with E-state index in [9.17, 15) is 0 Å². The molecule has 60 heavy (non-hydrogen) atoms. The molecule has 0 amide bonds. The first-order chi connectivity index (χ1) is 27.5.